The Morgan fingerprint density at radius 3 is 1.81 bits per heavy atom. The standard InChI is InChI=1S/C20H24FNO3S/c1-25-18-9-5-16(6-10-18)20-12-14-22(26(2,23)24)13-11-19(20)15-3-7-17(21)8-4-15/h3-10,19-20H,11-14H2,1-2H3/t19-,20+/m0/s1. The molecule has 0 unspecified atom stereocenters. The Balaban J connectivity index is 1.96. The second-order valence-electron chi connectivity index (χ2n) is 6.78. The molecular formula is C20H24FNO3S. The van der Waals surface area contributed by atoms with Crippen LogP contribution >= 0.6 is 0 Å². The number of rotatable bonds is 4. The second kappa shape index (κ2) is 7.76. The summed E-state index contributed by atoms with van der Waals surface area (Å²) in [5.74, 6) is 0.827. The van der Waals surface area contributed by atoms with Crippen molar-refractivity contribution in [2.75, 3.05) is 26.5 Å². The Morgan fingerprint density at radius 2 is 1.38 bits per heavy atom. The van der Waals surface area contributed by atoms with Gasteiger partial charge in [0.05, 0.1) is 13.4 Å². The van der Waals surface area contributed by atoms with Crippen LogP contribution in [-0.4, -0.2) is 39.2 Å². The zero-order valence-electron chi connectivity index (χ0n) is 15.1. The molecule has 140 valence electrons. The maximum atomic E-state index is 13.4. The molecule has 2 atom stereocenters. The van der Waals surface area contributed by atoms with E-state index in [9.17, 15) is 12.8 Å². The van der Waals surface area contributed by atoms with Gasteiger partial charge in [-0.1, -0.05) is 24.3 Å². The fraction of sp³-hybridized carbons (Fsp3) is 0.400. The average Bonchev–Trinajstić information content (AvgIpc) is 2.85. The van der Waals surface area contributed by atoms with Gasteiger partial charge in [0.2, 0.25) is 10.0 Å². The van der Waals surface area contributed by atoms with Crippen molar-refractivity contribution in [2.45, 2.75) is 24.7 Å². The van der Waals surface area contributed by atoms with Gasteiger partial charge in [-0.2, -0.15) is 0 Å². The molecule has 26 heavy (non-hydrogen) atoms. The monoisotopic (exact) mass is 377 g/mol. The third-order valence-electron chi connectivity index (χ3n) is 5.18. The molecule has 0 radical (unpaired) electrons. The Labute approximate surface area is 154 Å². The molecule has 3 rings (SSSR count). The van der Waals surface area contributed by atoms with Gasteiger partial charge in [0.1, 0.15) is 11.6 Å². The van der Waals surface area contributed by atoms with Crippen LogP contribution in [0.4, 0.5) is 4.39 Å². The van der Waals surface area contributed by atoms with Crippen molar-refractivity contribution >= 4 is 10.0 Å². The zero-order valence-corrected chi connectivity index (χ0v) is 15.9. The van der Waals surface area contributed by atoms with E-state index in [0.717, 1.165) is 23.3 Å². The van der Waals surface area contributed by atoms with Gasteiger partial charge in [-0.25, -0.2) is 17.1 Å². The van der Waals surface area contributed by atoms with E-state index < -0.39 is 10.0 Å². The Morgan fingerprint density at radius 1 is 0.923 bits per heavy atom. The van der Waals surface area contributed by atoms with E-state index in [1.807, 2.05) is 36.4 Å². The summed E-state index contributed by atoms with van der Waals surface area (Å²) >= 11 is 0. The molecule has 1 fully saturated rings. The minimum absolute atomic E-state index is 0.135. The molecule has 1 aliphatic heterocycles. The molecule has 0 bridgehead atoms. The summed E-state index contributed by atoms with van der Waals surface area (Å²) in [5.41, 5.74) is 2.19. The largest absolute Gasteiger partial charge is 0.497 e. The fourth-order valence-electron chi connectivity index (χ4n) is 3.77. The van der Waals surface area contributed by atoms with Crippen molar-refractivity contribution in [3.8, 4) is 5.75 Å². The van der Waals surface area contributed by atoms with Crippen LogP contribution in [0.25, 0.3) is 0 Å². The van der Waals surface area contributed by atoms with Crippen LogP contribution in [0.2, 0.25) is 0 Å². The number of halogens is 1. The van der Waals surface area contributed by atoms with Crippen LogP contribution in [0, 0.1) is 5.82 Å². The van der Waals surface area contributed by atoms with Crippen LogP contribution in [0.15, 0.2) is 48.5 Å². The molecule has 4 nitrogen and oxygen atoms in total. The van der Waals surface area contributed by atoms with E-state index in [1.54, 1.807) is 11.4 Å². The number of ether oxygens (including phenoxy) is 1. The molecule has 1 saturated heterocycles. The molecule has 0 spiro atoms. The second-order valence-corrected chi connectivity index (χ2v) is 8.76. The van der Waals surface area contributed by atoms with Crippen molar-refractivity contribution in [1.82, 2.24) is 4.31 Å². The summed E-state index contributed by atoms with van der Waals surface area (Å²) < 4.78 is 44.2. The van der Waals surface area contributed by atoms with Crippen molar-refractivity contribution in [3.63, 3.8) is 0 Å². The maximum absolute atomic E-state index is 13.4. The van der Waals surface area contributed by atoms with Crippen molar-refractivity contribution < 1.29 is 17.5 Å². The molecule has 0 aliphatic carbocycles. The van der Waals surface area contributed by atoms with Gasteiger partial charge in [-0.3, -0.25) is 0 Å². The molecule has 2 aromatic carbocycles. The number of nitrogens with zero attached hydrogens (tertiary/aromatic N) is 1. The fourth-order valence-corrected chi connectivity index (χ4v) is 4.65. The molecule has 2 aromatic rings. The lowest BCUT2D eigenvalue weighted by Crippen LogP contribution is -2.30. The highest BCUT2D eigenvalue weighted by Gasteiger charge is 2.31. The van der Waals surface area contributed by atoms with E-state index in [4.69, 9.17) is 4.74 Å². The van der Waals surface area contributed by atoms with Gasteiger partial charge in [0.25, 0.3) is 0 Å². The van der Waals surface area contributed by atoms with Gasteiger partial charge >= 0.3 is 0 Å². The van der Waals surface area contributed by atoms with Crippen molar-refractivity contribution in [2.24, 2.45) is 0 Å². The summed E-state index contributed by atoms with van der Waals surface area (Å²) in [5, 5.41) is 0. The van der Waals surface area contributed by atoms with Gasteiger partial charge < -0.3 is 4.74 Å². The van der Waals surface area contributed by atoms with Crippen LogP contribution in [0.1, 0.15) is 35.8 Å². The van der Waals surface area contributed by atoms with Crippen LogP contribution in [0.5, 0.6) is 5.75 Å². The predicted octanol–water partition coefficient (Wildman–Crippen LogP) is 3.76. The highest BCUT2D eigenvalue weighted by Crippen LogP contribution is 2.41. The third-order valence-corrected chi connectivity index (χ3v) is 6.48. The Kier molecular flexibility index (Phi) is 5.63. The predicted molar refractivity (Wildman–Crippen MR) is 101 cm³/mol. The number of benzene rings is 2. The Bertz CT molecular complexity index is 834. The normalized spacial score (nSPS) is 22.0. The molecule has 1 heterocycles. The van der Waals surface area contributed by atoms with Crippen LogP contribution in [0.3, 0.4) is 0 Å². The topological polar surface area (TPSA) is 46.6 Å². The van der Waals surface area contributed by atoms with Gasteiger partial charge in [-0.05, 0) is 60.1 Å². The average molecular weight is 377 g/mol. The number of sulfonamides is 1. The van der Waals surface area contributed by atoms with Gasteiger partial charge in [-0.15, -0.1) is 0 Å². The Hall–Kier alpha value is -1.92. The number of hydrogen-bond acceptors (Lipinski definition) is 3. The molecule has 1 aliphatic rings. The molecule has 0 amide bonds. The lowest BCUT2D eigenvalue weighted by Gasteiger charge is -2.26. The van der Waals surface area contributed by atoms with Gasteiger partial charge in [0, 0.05) is 13.1 Å². The summed E-state index contributed by atoms with van der Waals surface area (Å²) in [7, 11) is -1.59. The zero-order chi connectivity index (χ0) is 18.7. The van der Waals surface area contributed by atoms with E-state index in [1.165, 1.54) is 18.4 Å². The van der Waals surface area contributed by atoms with E-state index in [0.29, 0.717) is 19.5 Å². The minimum Gasteiger partial charge on any atom is -0.497 e. The number of hydrogen-bond donors (Lipinski definition) is 0. The third kappa shape index (κ3) is 4.24. The first-order valence-corrected chi connectivity index (χ1v) is 10.6. The minimum atomic E-state index is -3.22. The molecule has 0 N–H and O–H groups in total. The molecule has 0 saturated carbocycles. The van der Waals surface area contributed by atoms with Crippen LogP contribution < -0.4 is 4.74 Å². The summed E-state index contributed by atoms with van der Waals surface area (Å²) in [6.45, 7) is 0.973. The maximum Gasteiger partial charge on any atom is 0.211 e. The van der Waals surface area contributed by atoms with Crippen molar-refractivity contribution in [1.29, 1.82) is 0 Å². The lowest BCUT2D eigenvalue weighted by molar-refractivity contribution is 0.414. The lowest BCUT2D eigenvalue weighted by atomic mass is 9.78. The first-order valence-electron chi connectivity index (χ1n) is 8.73. The molecule has 0 aromatic heterocycles. The van der Waals surface area contributed by atoms with E-state index in [-0.39, 0.29) is 17.7 Å². The number of methoxy groups -OCH3 is 1. The summed E-state index contributed by atoms with van der Waals surface area (Å²) in [6.07, 6.45) is 2.68. The van der Waals surface area contributed by atoms with E-state index >= 15 is 0 Å². The summed E-state index contributed by atoms with van der Waals surface area (Å²) in [6, 6.07) is 14.5. The quantitative estimate of drug-likeness (QED) is 0.815. The molecule has 6 heteroatoms. The first-order chi connectivity index (χ1) is 12.4. The highest BCUT2D eigenvalue weighted by atomic mass is 32.2. The van der Waals surface area contributed by atoms with Crippen molar-refractivity contribution in [3.05, 3.63) is 65.5 Å². The molecular weight excluding hydrogens is 353 g/mol. The van der Waals surface area contributed by atoms with E-state index in [2.05, 4.69) is 0 Å². The van der Waals surface area contributed by atoms with Crippen LogP contribution in [-0.2, 0) is 10.0 Å². The first kappa shape index (κ1) is 18.9. The SMILES string of the molecule is COc1ccc([C@H]2CCN(S(C)(=O)=O)CC[C@H]2c2ccc(F)cc2)cc1. The summed E-state index contributed by atoms with van der Waals surface area (Å²) in [4.78, 5) is 0. The van der Waals surface area contributed by atoms with Gasteiger partial charge in [0.15, 0.2) is 0 Å². The highest BCUT2D eigenvalue weighted by molar-refractivity contribution is 7.88. The smallest absolute Gasteiger partial charge is 0.211 e.